The van der Waals surface area contributed by atoms with Crippen LogP contribution in [0.1, 0.15) is 39.9 Å². The molecule has 0 saturated carbocycles. The van der Waals surface area contributed by atoms with Gasteiger partial charge in [-0.1, -0.05) is 12.1 Å². The molecule has 156 valence electrons. The fraction of sp³-hybridized carbons (Fsp3) is 0.333. The van der Waals surface area contributed by atoms with E-state index in [0.717, 1.165) is 42.5 Å². The molecule has 1 aliphatic carbocycles. The molecule has 8 nitrogen and oxygen atoms in total. The summed E-state index contributed by atoms with van der Waals surface area (Å²) in [5, 5.41) is 16.5. The molecule has 0 radical (unpaired) electrons. The number of fused-ring (bicyclic) bond motifs is 2. The standard InChI is InChI=1S/C21H20N4O4.H2S/c26-19(22-28)15-2-3-16-11-21(6-5-14(16)10-15)7-8-25(20(21)27)12-13-1-4-17-18(9-13)24-29-23-17;/h1-4,9-10,28H,5-8,11-12H2,(H,22,26);1H2/t21-;/m1./s1. The van der Waals surface area contributed by atoms with Gasteiger partial charge < -0.3 is 4.90 Å². The van der Waals surface area contributed by atoms with E-state index >= 15 is 0 Å². The van der Waals surface area contributed by atoms with Crippen LogP contribution in [0.25, 0.3) is 11.0 Å². The lowest BCUT2D eigenvalue weighted by Gasteiger charge is -2.33. The highest BCUT2D eigenvalue weighted by Gasteiger charge is 2.48. The average Bonchev–Trinajstić information content (AvgIpc) is 3.33. The Bertz CT molecular complexity index is 1130. The Morgan fingerprint density at radius 3 is 2.80 bits per heavy atom. The molecule has 2 N–H and O–H groups in total. The van der Waals surface area contributed by atoms with Gasteiger partial charge in [0.1, 0.15) is 11.0 Å². The van der Waals surface area contributed by atoms with Gasteiger partial charge in [-0.15, -0.1) is 0 Å². The second kappa shape index (κ2) is 7.73. The van der Waals surface area contributed by atoms with Crippen LogP contribution in [-0.2, 0) is 24.2 Å². The summed E-state index contributed by atoms with van der Waals surface area (Å²) in [5.74, 6) is -0.325. The molecule has 2 heterocycles. The summed E-state index contributed by atoms with van der Waals surface area (Å²) in [7, 11) is 0. The van der Waals surface area contributed by atoms with Gasteiger partial charge in [-0.05, 0) is 77.0 Å². The maximum Gasteiger partial charge on any atom is 0.274 e. The Morgan fingerprint density at radius 1 is 1.13 bits per heavy atom. The Morgan fingerprint density at radius 2 is 1.97 bits per heavy atom. The van der Waals surface area contributed by atoms with Gasteiger partial charge in [0.25, 0.3) is 5.91 Å². The molecular weight excluding hydrogens is 404 g/mol. The molecule has 2 aliphatic rings. The number of nitrogens with zero attached hydrogens (tertiary/aromatic N) is 3. The van der Waals surface area contributed by atoms with E-state index in [-0.39, 0.29) is 24.8 Å². The highest BCUT2D eigenvalue weighted by Crippen LogP contribution is 2.44. The third kappa shape index (κ3) is 3.33. The number of hydrogen-bond acceptors (Lipinski definition) is 6. The van der Waals surface area contributed by atoms with E-state index < -0.39 is 5.91 Å². The molecular formula is C21H22N4O4S. The molecule has 2 amide bonds. The molecule has 3 aromatic rings. The number of hydroxylamine groups is 1. The third-order valence-corrected chi connectivity index (χ3v) is 6.26. The zero-order chi connectivity index (χ0) is 20.0. The van der Waals surface area contributed by atoms with Crippen molar-refractivity contribution >= 4 is 36.3 Å². The van der Waals surface area contributed by atoms with Crippen molar-refractivity contribution in [1.29, 1.82) is 0 Å². The summed E-state index contributed by atoms with van der Waals surface area (Å²) in [6, 6.07) is 11.1. The fourth-order valence-electron chi connectivity index (χ4n) is 4.65. The first-order valence-corrected chi connectivity index (χ1v) is 9.65. The topological polar surface area (TPSA) is 109 Å². The summed E-state index contributed by atoms with van der Waals surface area (Å²) in [6.45, 7) is 1.28. The molecule has 9 heteroatoms. The van der Waals surface area contributed by atoms with Crippen molar-refractivity contribution in [2.45, 2.75) is 32.2 Å². The molecule has 1 fully saturated rings. The van der Waals surface area contributed by atoms with Crippen LogP contribution in [0, 0.1) is 5.41 Å². The van der Waals surface area contributed by atoms with Gasteiger partial charge in [0.05, 0.1) is 5.41 Å². The SMILES string of the molecule is O=C(NO)c1ccc2c(c1)CC[C@@]1(CCN(Cc3ccc4nonc4c3)C1=O)C2.S. The van der Waals surface area contributed by atoms with Crippen molar-refractivity contribution in [3.05, 3.63) is 58.7 Å². The van der Waals surface area contributed by atoms with Crippen molar-refractivity contribution in [2.75, 3.05) is 6.54 Å². The van der Waals surface area contributed by atoms with Gasteiger partial charge in [-0.25, -0.2) is 10.1 Å². The highest BCUT2D eigenvalue weighted by atomic mass is 32.1. The lowest BCUT2D eigenvalue weighted by molar-refractivity contribution is -0.137. The van der Waals surface area contributed by atoms with Crippen LogP contribution < -0.4 is 5.48 Å². The van der Waals surface area contributed by atoms with E-state index in [1.807, 2.05) is 35.2 Å². The van der Waals surface area contributed by atoms with Gasteiger partial charge in [-0.3, -0.25) is 14.8 Å². The Hall–Kier alpha value is -2.91. The van der Waals surface area contributed by atoms with Crippen LogP contribution in [0.3, 0.4) is 0 Å². The Kier molecular flexibility index (Phi) is 5.25. The summed E-state index contributed by atoms with van der Waals surface area (Å²) < 4.78 is 4.75. The molecule has 5 rings (SSSR count). The summed E-state index contributed by atoms with van der Waals surface area (Å²) in [4.78, 5) is 26.9. The summed E-state index contributed by atoms with van der Waals surface area (Å²) >= 11 is 0. The van der Waals surface area contributed by atoms with E-state index in [2.05, 4.69) is 10.3 Å². The minimum atomic E-state index is -0.518. The summed E-state index contributed by atoms with van der Waals surface area (Å²) in [6.07, 6.45) is 3.03. The lowest BCUT2D eigenvalue weighted by Crippen LogP contribution is -2.38. The zero-order valence-electron chi connectivity index (χ0n) is 16.2. The molecule has 1 aromatic heterocycles. The van der Waals surface area contributed by atoms with Crippen molar-refractivity contribution in [2.24, 2.45) is 5.41 Å². The number of amides is 2. The quantitative estimate of drug-likeness (QED) is 0.492. The lowest BCUT2D eigenvalue weighted by atomic mass is 9.70. The number of aromatic nitrogens is 2. The van der Waals surface area contributed by atoms with Crippen LogP contribution in [0.4, 0.5) is 0 Å². The van der Waals surface area contributed by atoms with Crippen molar-refractivity contribution < 1.29 is 19.4 Å². The number of hydrogen-bond donors (Lipinski definition) is 2. The first-order valence-electron chi connectivity index (χ1n) is 9.65. The van der Waals surface area contributed by atoms with Crippen LogP contribution in [0.5, 0.6) is 0 Å². The van der Waals surface area contributed by atoms with E-state index in [4.69, 9.17) is 9.84 Å². The molecule has 0 bridgehead atoms. The minimum Gasteiger partial charge on any atom is -0.338 e. The third-order valence-electron chi connectivity index (χ3n) is 6.26. The number of nitrogens with one attached hydrogen (secondary N) is 1. The van der Waals surface area contributed by atoms with E-state index in [0.29, 0.717) is 29.6 Å². The van der Waals surface area contributed by atoms with E-state index in [1.54, 1.807) is 11.5 Å². The van der Waals surface area contributed by atoms with Gasteiger partial charge >= 0.3 is 0 Å². The number of carbonyl (C=O) groups is 2. The van der Waals surface area contributed by atoms with Gasteiger partial charge in [0, 0.05) is 18.7 Å². The number of rotatable bonds is 3. The Balaban J connectivity index is 0.00000218. The van der Waals surface area contributed by atoms with Crippen LogP contribution in [0.2, 0.25) is 0 Å². The zero-order valence-corrected chi connectivity index (χ0v) is 17.2. The number of carbonyl (C=O) groups excluding carboxylic acids is 2. The maximum absolute atomic E-state index is 13.3. The minimum absolute atomic E-state index is 0. The van der Waals surface area contributed by atoms with Crippen LogP contribution >= 0.6 is 13.5 Å². The van der Waals surface area contributed by atoms with Crippen molar-refractivity contribution in [1.82, 2.24) is 20.7 Å². The monoisotopic (exact) mass is 426 g/mol. The first-order chi connectivity index (χ1) is 14.1. The molecule has 30 heavy (non-hydrogen) atoms. The summed E-state index contributed by atoms with van der Waals surface area (Å²) in [5.41, 5.74) is 6.32. The number of likely N-dealkylation sites (tertiary alicyclic amines) is 1. The van der Waals surface area contributed by atoms with Crippen molar-refractivity contribution in [3.8, 4) is 0 Å². The predicted octanol–water partition coefficient (Wildman–Crippen LogP) is 2.36. The molecule has 1 aliphatic heterocycles. The second-order valence-electron chi connectivity index (χ2n) is 7.95. The second-order valence-corrected chi connectivity index (χ2v) is 7.95. The maximum atomic E-state index is 13.3. The normalized spacial score (nSPS) is 20.3. The smallest absolute Gasteiger partial charge is 0.274 e. The van der Waals surface area contributed by atoms with Crippen LogP contribution in [0.15, 0.2) is 41.0 Å². The fourth-order valence-corrected chi connectivity index (χ4v) is 4.65. The number of benzene rings is 2. The molecule has 1 spiro atoms. The predicted molar refractivity (Wildman–Crippen MR) is 112 cm³/mol. The van der Waals surface area contributed by atoms with Gasteiger partial charge in [0.15, 0.2) is 0 Å². The largest absolute Gasteiger partial charge is 0.338 e. The number of aryl methyl sites for hydroxylation is 1. The molecule has 2 aromatic carbocycles. The van der Waals surface area contributed by atoms with E-state index in [1.165, 1.54) is 0 Å². The highest BCUT2D eigenvalue weighted by molar-refractivity contribution is 7.59. The molecule has 0 unspecified atom stereocenters. The molecule has 1 saturated heterocycles. The van der Waals surface area contributed by atoms with E-state index in [9.17, 15) is 9.59 Å². The average molecular weight is 426 g/mol. The van der Waals surface area contributed by atoms with Gasteiger partial charge in [0.2, 0.25) is 5.91 Å². The first kappa shape index (κ1) is 20.4. The Labute approximate surface area is 179 Å². The van der Waals surface area contributed by atoms with Gasteiger partial charge in [-0.2, -0.15) is 13.5 Å². The van der Waals surface area contributed by atoms with Crippen molar-refractivity contribution in [3.63, 3.8) is 0 Å². The molecule has 1 atom stereocenters. The van der Waals surface area contributed by atoms with Crippen LogP contribution in [-0.4, -0.2) is 38.8 Å².